The topological polar surface area (TPSA) is 82.5 Å². The molecule has 1 N–H and O–H groups in total. The lowest BCUT2D eigenvalue weighted by Crippen LogP contribution is -2.31. The van der Waals surface area contributed by atoms with Crippen LogP contribution in [0, 0.1) is 5.82 Å². The first-order valence-electron chi connectivity index (χ1n) is 8.59. The number of halogens is 1. The third-order valence-corrected chi connectivity index (χ3v) is 5.84. The Balaban J connectivity index is 1.71. The lowest BCUT2D eigenvalue weighted by atomic mass is 10.1. The first kappa shape index (κ1) is 18.5. The number of aromatic nitrogens is 2. The van der Waals surface area contributed by atoms with E-state index in [4.69, 9.17) is 9.47 Å². The van der Waals surface area contributed by atoms with E-state index in [1.54, 1.807) is 30.1 Å². The van der Waals surface area contributed by atoms with Crippen LogP contribution in [-0.2, 0) is 17.1 Å². The van der Waals surface area contributed by atoms with Crippen LogP contribution in [0.5, 0.6) is 11.5 Å². The molecule has 0 spiro atoms. The van der Waals surface area contributed by atoms with Gasteiger partial charge in [-0.3, -0.25) is 0 Å². The van der Waals surface area contributed by atoms with E-state index in [1.165, 1.54) is 36.4 Å². The highest BCUT2D eigenvalue weighted by molar-refractivity contribution is 7.89. The Bertz CT molecular complexity index is 1100. The van der Waals surface area contributed by atoms with Gasteiger partial charge in [-0.2, -0.15) is 4.72 Å². The van der Waals surface area contributed by atoms with E-state index in [-0.39, 0.29) is 4.90 Å². The molecule has 1 atom stereocenters. The highest BCUT2D eigenvalue weighted by atomic mass is 32.2. The Morgan fingerprint density at radius 1 is 1.11 bits per heavy atom. The van der Waals surface area contributed by atoms with Crippen molar-refractivity contribution in [1.29, 1.82) is 0 Å². The molecule has 0 radical (unpaired) electrons. The van der Waals surface area contributed by atoms with Crippen molar-refractivity contribution in [3.8, 4) is 11.5 Å². The number of nitrogens with zero attached hydrogens (tertiary/aromatic N) is 2. The maximum atomic E-state index is 13.3. The Hall–Kier alpha value is -2.91. The van der Waals surface area contributed by atoms with Crippen molar-refractivity contribution in [2.45, 2.75) is 10.9 Å². The average molecular weight is 403 g/mol. The van der Waals surface area contributed by atoms with E-state index in [0.29, 0.717) is 36.1 Å². The Kier molecular flexibility index (Phi) is 4.78. The van der Waals surface area contributed by atoms with Crippen molar-refractivity contribution in [3.63, 3.8) is 0 Å². The smallest absolute Gasteiger partial charge is 0.241 e. The van der Waals surface area contributed by atoms with Crippen molar-refractivity contribution >= 4 is 10.0 Å². The van der Waals surface area contributed by atoms with Gasteiger partial charge in [-0.25, -0.2) is 17.8 Å². The first-order chi connectivity index (χ1) is 13.4. The number of imidazole rings is 1. The zero-order chi connectivity index (χ0) is 19.7. The molecule has 0 saturated heterocycles. The Labute approximate surface area is 161 Å². The molecule has 3 aromatic rings. The summed E-state index contributed by atoms with van der Waals surface area (Å²) in [7, 11) is -2.17. The molecule has 2 heterocycles. The quantitative estimate of drug-likeness (QED) is 0.707. The van der Waals surface area contributed by atoms with Crippen LogP contribution in [0.25, 0.3) is 0 Å². The number of hydrogen-bond donors (Lipinski definition) is 1. The van der Waals surface area contributed by atoms with Gasteiger partial charge in [0.15, 0.2) is 11.5 Å². The zero-order valence-electron chi connectivity index (χ0n) is 15.0. The first-order valence-corrected chi connectivity index (χ1v) is 10.1. The molecule has 0 saturated carbocycles. The highest BCUT2D eigenvalue weighted by Gasteiger charge is 2.27. The molecule has 0 bridgehead atoms. The second kappa shape index (κ2) is 7.25. The molecule has 9 heteroatoms. The molecule has 0 fully saturated rings. The number of sulfonamides is 1. The second-order valence-corrected chi connectivity index (χ2v) is 8.02. The van der Waals surface area contributed by atoms with Gasteiger partial charge in [-0.05, 0) is 29.8 Å². The van der Waals surface area contributed by atoms with E-state index in [2.05, 4.69) is 9.71 Å². The molecular weight excluding hydrogens is 385 g/mol. The minimum absolute atomic E-state index is 0.0399. The van der Waals surface area contributed by atoms with Gasteiger partial charge in [-0.15, -0.1) is 0 Å². The predicted octanol–water partition coefficient (Wildman–Crippen LogP) is 2.40. The summed E-state index contributed by atoms with van der Waals surface area (Å²) in [4.78, 5) is 4.30. The maximum Gasteiger partial charge on any atom is 0.241 e. The summed E-state index contributed by atoms with van der Waals surface area (Å²) in [5, 5.41) is 0. The molecule has 2 aromatic carbocycles. The SMILES string of the molecule is Cn1ccnc1[C@H](NS(=O)(=O)c1ccc2c(c1)OCCO2)c1ccc(F)cc1. The number of ether oxygens (including phenoxy) is 2. The molecule has 1 aliphatic rings. The molecule has 28 heavy (non-hydrogen) atoms. The number of aryl methyl sites for hydroxylation is 1. The lowest BCUT2D eigenvalue weighted by Gasteiger charge is -2.21. The standard InChI is InChI=1S/C19H18FN3O4S/c1-23-9-8-21-19(23)18(13-2-4-14(20)5-3-13)22-28(24,25)15-6-7-16-17(12-15)27-11-10-26-16/h2-9,12,18,22H,10-11H2,1H3/t18-/m1/s1. The minimum atomic E-state index is -3.93. The van der Waals surface area contributed by atoms with Gasteiger partial charge in [0.05, 0.1) is 4.90 Å². The predicted molar refractivity (Wildman–Crippen MR) is 99.2 cm³/mol. The summed E-state index contributed by atoms with van der Waals surface area (Å²) >= 11 is 0. The molecule has 1 aromatic heterocycles. The summed E-state index contributed by atoms with van der Waals surface area (Å²) in [6, 6.07) is 9.28. The number of rotatable bonds is 5. The molecular formula is C19H18FN3O4S. The van der Waals surface area contributed by atoms with Crippen molar-refractivity contribution in [2.75, 3.05) is 13.2 Å². The highest BCUT2D eigenvalue weighted by Crippen LogP contribution is 2.33. The van der Waals surface area contributed by atoms with E-state index in [9.17, 15) is 12.8 Å². The fourth-order valence-corrected chi connectivity index (χ4v) is 4.19. The number of hydrogen-bond acceptors (Lipinski definition) is 5. The van der Waals surface area contributed by atoms with E-state index >= 15 is 0 Å². The van der Waals surface area contributed by atoms with Crippen LogP contribution in [0.4, 0.5) is 4.39 Å². The van der Waals surface area contributed by atoms with Crippen LogP contribution < -0.4 is 14.2 Å². The van der Waals surface area contributed by atoms with E-state index < -0.39 is 21.9 Å². The van der Waals surface area contributed by atoms with Crippen molar-refractivity contribution < 1.29 is 22.3 Å². The molecule has 7 nitrogen and oxygen atoms in total. The van der Waals surface area contributed by atoms with Crippen molar-refractivity contribution in [1.82, 2.24) is 14.3 Å². The van der Waals surface area contributed by atoms with Crippen LogP contribution in [0.1, 0.15) is 17.4 Å². The van der Waals surface area contributed by atoms with Gasteiger partial charge in [0.2, 0.25) is 10.0 Å². The van der Waals surface area contributed by atoms with Crippen LogP contribution in [0.2, 0.25) is 0 Å². The van der Waals surface area contributed by atoms with Gasteiger partial charge >= 0.3 is 0 Å². The largest absolute Gasteiger partial charge is 0.486 e. The summed E-state index contributed by atoms with van der Waals surface area (Å²) in [5.41, 5.74) is 0.566. The molecule has 0 amide bonds. The minimum Gasteiger partial charge on any atom is -0.486 e. The number of fused-ring (bicyclic) bond motifs is 1. The summed E-state index contributed by atoms with van der Waals surface area (Å²) in [6.07, 6.45) is 3.29. The third-order valence-electron chi connectivity index (χ3n) is 4.42. The van der Waals surface area contributed by atoms with E-state index in [0.717, 1.165) is 0 Å². The number of benzene rings is 2. The molecule has 0 unspecified atom stereocenters. The maximum absolute atomic E-state index is 13.3. The third kappa shape index (κ3) is 3.58. The van der Waals surface area contributed by atoms with Crippen LogP contribution >= 0.6 is 0 Å². The van der Waals surface area contributed by atoms with Gasteiger partial charge in [-0.1, -0.05) is 12.1 Å². The fourth-order valence-electron chi connectivity index (χ4n) is 2.99. The van der Waals surface area contributed by atoms with Crippen molar-refractivity contribution in [2.24, 2.45) is 7.05 Å². The Morgan fingerprint density at radius 3 is 2.50 bits per heavy atom. The molecule has 146 valence electrons. The van der Waals surface area contributed by atoms with Crippen LogP contribution in [0.3, 0.4) is 0 Å². The summed E-state index contributed by atoms with van der Waals surface area (Å²) in [5.74, 6) is 0.957. The zero-order valence-corrected chi connectivity index (χ0v) is 15.8. The van der Waals surface area contributed by atoms with Crippen LogP contribution in [-0.4, -0.2) is 31.2 Å². The van der Waals surface area contributed by atoms with E-state index in [1.807, 2.05) is 0 Å². The Morgan fingerprint density at radius 2 is 1.82 bits per heavy atom. The fraction of sp³-hybridized carbons (Fsp3) is 0.211. The van der Waals surface area contributed by atoms with Gasteiger partial charge in [0.1, 0.15) is 30.9 Å². The average Bonchev–Trinajstić information content (AvgIpc) is 3.12. The van der Waals surface area contributed by atoms with Gasteiger partial charge in [0, 0.05) is 25.5 Å². The summed E-state index contributed by atoms with van der Waals surface area (Å²) in [6.45, 7) is 0.776. The van der Waals surface area contributed by atoms with Crippen molar-refractivity contribution in [3.05, 3.63) is 72.1 Å². The molecule has 0 aliphatic carbocycles. The second-order valence-electron chi connectivity index (χ2n) is 6.31. The molecule has 1 aliphatic heterocycles. The van der Waals surface area contributed by atoms with Gasteiger partial charge < -0.3 is 14.0 Å². The summed E-state index contributed by atoms with van der Waals surface area (Å²) < 4.78 is 54.8. The normalized spacial score (nSPS) is 14.6. The molecule has 4 rings (SSSR count). The lowest BCUT2D eigenvalue weighted by molar-refractivity contribution is 0.171. The monoisotopic (exact) mass is 403 g/mol. The van der Waals surface area contributed by atoms with Gasteiger partial charge in [0.25, 0.3) is 0 Å². The number of nitrogens with one attached hydrogen (secondary N) is 1. The van der Waals surface area contributed by atoms with Crippen LogP contribution in [0.15, 0.2) is 59.8 Å².